The van der Waals surface area contributed by atoms with E-state index in [1.807, 2.05) is 28.9 Å². The maximum Gasteiger partial charge on any atom is 0.336 e. The van der Waals surface area contributed by atoms with Crippen molar-refractivity contribution in [2.45, 2.75) is 26.3 Å². The van der Waals surface area contributed by atoms with Crippen LogP contribution < -0.4 is 0 Å². The van der Waals surface area contributed by atoms with Crippen molar-refractivity contribution in [3.8, 4) is 0 Å². The predicted octanol–water partition coefficient (Wildman–Crippen LogP) is 3.13. The second-order valence-corrected chi connectivity index (χ2v) is 5.20. The van der Waals surface area contributed by atoms with Crippen molar-refractivity contribution in [3.05, 3.63) is 59.5 Å². The van der Waals surface area contributed by atoms with Gasteiger partial charge in [0.1, 0.15) is 0 Å². The lowest BCUT2D eigenvalue weighted by atomic mass is 10.0. The van der Waals surface area contributed by atoms with E-state index in [0.717, 1.165) is 29.6 Å². The van der Waals surface area contributed by atoms with Crippen LogP contribution in [0.5, 0.6) is 0 Å². The maximum absolute atomic E-state index is 11.3. The highest BCUT2D eigenvalue weighted by atomic mass is 16.4. The lowest BCUT2D eigenvalue weighted by Crippen LogP contribution is -2.05. The molecular weight excluding hydrogens is 278 g/mol. The summed E-state index contributed by atoms with van der Waals surface area (Å²) >= 11 is 0. The Morgan fingerprint density at radius 2 is 2.09 bits per heavy atom. The Morgan fingerprint density at radius 1 is 1.27 bits per heavy atom. The normalized spacial score (nSPS) is 11.0. The van der Waals surface area contributed by atoms with Crippen LogP contribution in [0.25, 0.3) is 10.9 Å². The first-order valence-electron chi connectivity index (χ1n) is 7.31. The Labute approximate surface area is 128 Å². The lowest BCUT2D eigenvalue weighted by Gasteiger charge is -2.03. The van der Waals surface area contributed by atoms with Gasteiger partial charge in [0.05, 0.1) is 16.8 Å². The van der Waals surface area contributed by atoms with E-state index in [2.05, 4.69) is 17.0 Å². The molecule has 0 amide bonds. The van der Waals surface area contributed by atoms with Gasteiger partial charge in [0.25, 0.3) is 0 Å². The van der Waals surface area contributed by atoms with Gasteiger partial charge in [-0.3, -0.25) is 9.67 Å². The Hall–Kier alpha value is -2.69. The number of carboxylic acid groups (broad SMARTS) is 1. The van der Waals surface area contributed by atoms with Gasteiger partial charge in [0.2, 0.25) is 0 Å². The molecule has 0 saturated carbocycles. The van der Waals surface area contributed by atoms with Crippen LogP contribution in [0.1, 0.15) is 35.0 Å². The fourth-order valence-corrected chi connectivity index (χ4v) is 2.67. The second kappa shape index (κ2) is 5.97. The van der Waals surface area contributed by atoms with Crippen LogP contribution in [-0.2, 0) is 13.0 Å². The molecule has 3 aromatic rings. The van der Waals surface area contributed by atoms with Crippen molar-refractivity contribution >= 4 is 16.9 Å². The van der Waals surface area contributed by atoms with Crippen LogP contribution >= 0.6 is 0 Å². The van der Waals surface area contributed by atoms with E-state index >= 15 is 0 Å². The third-order valence-electron chi connectivity index (χ3n) is 3.66. The van der Waals surface area contributed by atoms with Gasteiger partial charge in [-0.05, 0) is 24.1 Å². The smallest absolute Gasteiger partial charge is 0.336 e. The highest BCUT2D eigenvalue weighted by Gasteiger charge is 2.15. The molecule has 5 heteroatoms. The number of benzene rings is 1. The number of hydrogen-bond acceptors (Lipinski definition) is 3. The summed E-state index contributed by atoms with van der Waals surface area (Å²) < 4.78 is 1.99. The van der Waals surface area contributed by atoms with Crippen molar-refractivity contribution < 1.29 is 9.90 Å². The zero-order valence-electron chi connectivity index (χ0n) is 12.4. The van der Waals surface area contributed by atoms with Gasteiger partial charge >= 0.3 is 5.97 Å². The number of fused-ring (bicyclic) bond motifs is 1. The van der Waals surface area contributed by atoms with Crippen molar-refractivity contribution in [2.75, 3.05) is 0 Å². The molecule has 0 bridgehead atoms. The number of carboxylic acids is 1. The molecule has 2 heterocycles. The number of hydrogen-bond donors (Lipinski definition) is 1. The first-order valence-corrected chi connectivity index (χ1v) is 7.31. The molecule has 0 aliphatic carbocycles. The van der Waals surface area contributed by atoms with E-state index in [1.54, 1.807) is 6.20 Å². The molecule has 112 valence electrons. The summed E-state index contributed by atoms with van der Waals surface area (Å²) in [7, 11) is 0. The number of aromatic nitrogens is 3. The zero-order chi connectivity index (χ0) is 15.5. The fraction of sp³-hybridized carbons (Fsp3) is 0.235. The Morgan fingerprint density at radius 3 is 2.86 bits per heavy atom. The largest absolute Gasteiger partial charge is 0.478 e. The average molecular weight is 295 g/mol. The number of para-hydroxylation sites is 1. The molecule has 0 atom stereocenters. The van der Waals surface area contributed by atoms with Crippen LogP contribution in [0.15, 0.2) is 42.7 Å². The molecule has 0 spiro atoms. The Balaban J connectivity index is 2.06. The summed E-state index contributed by atoms with van der Waals surface area (Å²) in [6.45, 7) is 2.96. The lowest BCUT2D eigenvalue weighted by molar-refractivity contribution is 0.0695. The van der Waals surface area contributed by atoms with Crippen LogP contribution in [0.3, 0.4) is 0 Å². The Bertz CT molecular complexity index is 824. The summed E-state index contributed by atoms with van der Waals surface area (Å²) in [4.78, 5) is 15.4. The molecule has 0 saturated heterocycles. The van der Waals surface area contributed by atoms with Gasteiger partial charge in [-0.1, -0.05) is 25.1 Å². The average Bonchev–Trinajstić information content (AvgIpc) is 2.86. The zero-order valence-corrected chi connectivity index (χ0v) is 12.4. The highest BCUT2D eigenvalue weighted by Crippen LogP contribution is 2.22. The van der Waals surface area contributed by atoms with E-state index in [4.69, 9.17) is 0 Å². The second-order valence-electron chi connectivity index (χ2n) is 5.20. The van der Waals surface area contributed by atoms with E-state index in [-0.39, 0.29) is 5.56 Å². The number of aryl methyl sites for hydroxylation is 1. The number of nitrogens with zero attached hydrogens (tertiary/aromatic N) is 3. The minimum atomic E-state index is -0.935. The number of rotatable bonds is 5. The molecule has 0 radical (unpaired) electrons. The van der Waals surface area contributed by atoms with E-state index < -0.39 is 5.97 Å². The predicted molar refractivity (Wildman–Crippen MR) is 84.0 cm³/mol. The monoisotopic (exact) mass is 295 g/mol. The molecule has 2 aromatic heterocycles. The van der Waals surface area contributed by atoms with Crippen molar-refractivity contribution in [2.24, 2.45) is 0 Å². The molecule has 22 heavy (non-hydrogen) atoms. The molecule has 0 unspecified atom stereocenters. The van der Waals surface area contributed by atoms with Gasteiger partial charge in [0, 0.05) is 30.7 Å². The minimum Gasteiger partial charge on any atom is -0.478 e. The summed E-state index contributed by atoms with van der Waals surface area (Å²) in [5, 5.41) is 15.0. The summed E-state index contributed by atoms with van der Waals surface area (Å²) in [5.41, 5.74) is 2.94. The van der Waals surface area contributed by atoms with Gasteiger partial charge in [-0.15, -0.1) is 0 Å². The number of pyridine rings is 1. The van der Waals surface area contributed by atoms with Gasteiger partial charge in [0.15, 0.2) is 0 Å². The van der Waals surface area contributed by atoms with Gasteiger partial charge < -0.3 is 5.11 Å². The van der Waals surface area contributed by atoms with Crippen molar-refractivity contribution in [1.82, 2.24) is 14.8 Å². The van der Waals surface area contributed by atoms with Crippen LogP contribution in [0.4, 0.5) is 0 Å². The first kappa shape index (κ1) is 14.3. The van der Waals surface area contributed by atoms with Crippen LogP contribution in [0.2, 0.25) is 0 Å². The summed E-state index contributed by atoms with van der Waals surface area (Å²) in [6.07, 6.45) is 4.57. The van der Waals surface area contributed by atoms with Gasteiger partial charge in [-0.2, -0.15) is 5.10 Å². The molecule has 0 aliphatic heterocycles. The van der Waals surface area contributed by atoms with Gasteiger partial charge in [-0.25, -0.2) is 4.79 Å². The number of aromatic carboxylic acids is 1. The molecular formula is C17H17N3O2. The standard InChI is InChI=1S/C17H17N3O2/c1-2-9-20-16-6-4-3-5-14(16)15(19-20)10-12-11-18-8-7-13(12)17(21)22/h3-8,11H,2,9-10H2,1H3,(H,21,22). The molecule has 0 fully saturated rings. The number of carbonyl (C=O) groups is 1. The Kier molecular flexibility index (Phi) is 3.87. The molecule has 1 N–H and O–H groups in total. The third kappa shape index (κ3) is 2.57. The van der Waals surface area contributed by atoms with Crippen molar-refractivity contribution in [1.29, 1.82) is 0 Å². The SMILES string of the molecule is CCCn1nc(Cc2cnccc2C(=O)O)c2ccccc21. The van der Waals surface area contributed by atoms with E-state index in [0.29, 0.717) is 12.0 Å². The van der Waals surface area contributed by atoms with E-state index in [1.165, 1.54) is 12.3 Å². The maximum atomic E-state index is 11.3. The minimum absolute atomic E-state index is 0.282. The van der Waals surface area contributed by atoms with Crippen molar-refractivity contribution in [3.63, 3.8) is 0 Å². The summed E-state index contributed by atoms with van der Waals surface area (Å²) in [5.74, 6) is -0.935. The third-order valence-corrected chi connectivity index (χ3v) is 3.66. The topological polar surface area (TPSA) is 68.0 Å². The molecule has 3 rings (SSSR count). The molecule has 5 nitrogen and oxygen atoms in total. The highest BCUT2D eigenvalue weighted by molar-refractivity contribution is 5.89. The summed E-state index contributed by atoms with van der Waals surface area (Å²) in [6, 6.07) is 9.57. The van der Waals surface area contributed by atoms with E-state index in [9.17, 15) is 9.90 Å². The van der Waals surface area contributed by atoms with Crippen LogP contribution in [0, 0.1) is 0 Å². The van der Waals surface area contributed by atoms with Crippen LogP contribution in [-0.4, -0.2) is 25.8 Å². The quantitative estimate of drug-likeness (QED) is 0.785. The fourth-order valence-electron chi connectivity index (χ4n) is 2.67. The first-order chi connectivity index (χ1) is 10.7. The molecule has 0 aliphatic rings. The molecule has 1 aromatic carbocycles.